The molecule has 0 aliphatic heterocycles. The summed E-state index contributed by atoms with van der Waals surface area (Å²) >= 11 is 1.21. The first-order valence-corrected chi connectivity index (χ1v) is 8.55. The summed E-state index contributed by atoms with van der Waals surface area (Å²) < 4.78 is 0. The largest absolute Gasteiger partial charge is 0.294 e. The first-order chi connectivity index (χ1) is 10.3. The van der Waals surface area contributed by atoms with Crippen molar-refractivity contribution in [1.29, 1.82) is 0 Å². The smallest absolute Gasteiger partial charge is 0.281 e. The van der Waals surface area contributed by atoms with Crippen LogP contribution < -0.4 is 5.43 Å². The van der Waals surface area contributed by atoms with Crippen LogP contribution in [0.1, 0.15) is 66.3 Å². The first kappa shape index (κ1) is 15.4. The number of carbonyl (C=O) groups excluding carboxylic acids is 2. The average molecular weight is 318 g/mol. The third kappa shape index (κ3) is 2.14. The predicted molar refractivity (Wildman–Crippen MR) is 88.5 cm³/mol. The van der Waals surface area contributed by atoms with E-state index in [1.54, 1.807) is 12.1 Å². The number of amides is 1. The van der Waals surface area contributed by atoms with Gasteiger partial charge in [0.05, 0.1) is 9.75 Å². The molecule has 1 N–H and O–H groups in total. The summed E-state index contributed by atoms with van der Waals surface area (Å²) in [4.78, 5) is 24.6. The first-order valence-electron chi connectivity index (χ1n) is 7.74. The van der Waals surface area contributed by atoms with Crippen LogP contribution in [0.25, 0.3) is 0 Å². The van der Waals surface area contributed by atoms with E-state index in [-0.39, 0.29) is 22.5 Å². The molecule has 0 spiro atoms. The summed E-state index contributed by atoms with van der Waals surface area (Å²) in [6.45, 7) is 8.40. The van der Waals surface area contributed by atoms with Gasteiger partial charge in [-0.25, -0.2) is 5.43 Å². The Kier molecular flexibility index (Phi) is 3.51. The highest BCUT2D eigenvalue weighted by atomic mass is 32.1. The fraction of sp³-hybridized carbons (Fsp3) is 0.588. The molecule has 1 heterocycles. The van der Waals surface area contributed by atoms with Crippen LogP contribution in [0.2, 0.25) is 0 Å². The molecular formula is C17H22N2O2S. The number of hydrazone groups is 1. The highest BCUT2D eigenvalue weighted by Gasteiger charge is 2.60. The van der Waals surface area contributed by atoms with Gasteiger partial charge < -0.3 is 0 Å². The Morgan fingerprint density at radius 2 is 1.95 bits per heavy atom. The molecule has 22 heavy (non-hydrogen) atoms. The Morgan fingerprint density at radius 3 is 2.45 bits per heavy atom. The quantitative estimate of drug-likeness (QED) is 0.679. The van der Waals surface area contributed by atoms with E-state index < -0.39 is 0 Å². The number of hydrogen-bond acceptors (Lipinski definition) is 4. The van der Waals surface area contributed by atoms with Gasteiger partial charge in [0.1, 0.15) is 0 Å². The van der Waals surface area contributed by atoms with Gasteiger partial charge in [-0.05, 0) is 49.7 Å². The summed E-state index contributed by atoms with van der Waals surface area (Å²) in [5, 5.41) is 4.44. The van der Waals surface area contributed by atoms with Crippen LogP contribution in [0.15, 0.2) is 17.2 Å². The van der Waals surface area contributed by atoms with Gasteiger partial charge in [0.25, 0.3) is 5.91 Å². The molecule has 0 unspecified atom stereocenters. The average Bonchev–Trinajstić information content (AvgIpc) is 3.07. The van der Waals surface area contributed by atoms with Crippen molar-refractivity contribution >= 4 is 28.7 Å². The van der Waals surface area contributed by atoms with Crippen LogP contribution in [0.5, 0.6) is 0 Å². The summed E-state index contributed by atoms with van der Waals surface area (Å²) in [5.74, 6) is 0.422. The number of nitrogens with one attached hydrogen (secondary N) is 1. The van der Waals surface area contributed by atoms with Crippen LogP contribution in [0, 0.1) is 16.7 Å². The molecule has 5 heteroatoms. The van der Waals surface area contributed by atoms with Crippen LogP contribution >= 0.6 is 11.3 Å². The number of hydrogen-bond donors (Lipinski definition) is 1. The van der Waals surface area contributed by atoms with Crippen molar-refractivity contribution in [3.05, 3.63) is 21.9 Å². The van der Waals surface area contributed by atoms with Crippen molar-refractivity contribution in [2.24, 2.45) is 21.8 Å². The molecule has 0 radical (unpaired) electrons. The fourth-order valence-corrected chi connectivity index (χ4v) is 4.71. The van der Waals surface area contributed by atoms with Crippen molar-refractivity contribution in [3.63, 3.8) is 0 Å². The molecular weight excluding hydrogens is 296 g/mol. The third-order valence-corrected chi connectivity index (χ3v) is 7.17. The minimum absolute atomic E-state index is 0.0160. The van der Waals surface area contributed by atoms with Crippen molar-refractivity contribution in [2.45, 2.75) is 47.0 Å². The number of ketones is 1. The van der Waals surface area contributed by atoms with E-state index in [0.717, 1.165) is 18.6 Å². The zero-order valence-electron chi connectivity index (χ0n) is 13.5. The van der Waals surface area contributed by atoms with E-state index in [0.29, 0.717) is 15.7 Å². The molecule has 1 aromatic rings. The second kappa shape index (κ2) is 5.01. The van der Waals surface area contributed by atoms with E-state index in [4.69, 9.17) is 0 Å². The number of fused-ring (bicyclic) bond motifs is 2. The fourth-order valence-electron chi connectivity index (χ4n) is 3.92. The Morgan fingerprint density at radius 1 is 1.27 bits per heavy atom. The molecule has 2 atom stereocenters. The number of nitrogens with zero attached hydrogens (tertiary/aromatic N) is 1. The summed E-state index contributed by atoms with van der Waals surface area (Å²) in [5.41, 5.74) is 4.14. The van der Waals surface area contributed by atoms with Crippen molar-refractivity contribution < 1.29 is 9.59 Å². The molecule has 118 valence electrons. The van der Waals surface area contributed by atoms with Gasteiger partial charge >= 0.3 is 0 Å². The molecule has 0 aromatic carbocycles. The lowest BCUT2D eigenvalue weighted by Crippen LogP contribution is -2.34. The maximum Gasteiger partial charge on any atom is 0.281 e. The van der Waals surface area contributed by atoms with Crippen molar-refractivity contribution in [1.82, 2.24) is 5.43 Å². The Balaban J connectivity index is 1.75. The monoisotopic (exact) mass is 318 g/mol. The molecule has 3 rings (SSSR count). The molecule has 2 bridgehead atoms. The van der Waals surface area contributed by atoms with Crippen molar-refractivity contribution in [2.75, 3.05) is 0 Å². The number of rotatable bonds is 3. The number of carbonyl (C=O) groups is 2. The SMILES string of the molecule is CC(=O)c1ccc(C(=O)N/N=C2/C[C@@H]3CC[C@@]2(C)C3(C)C)s1. The van der Waals surface area contributed by atoms with Gasteiger partial charge in [-0.3, -0.25) is 9.59 Å². The predicted octanol–water partition coefficient (Wildman–Crippen LogP) is 3.88. The molecule has 2 fully saturated rings. The van der Waals surface area contributed by atoms with Crippen LogP contribution in [-0.2, 0) is 0 Å². The van der Waals surface area contributed by atoms with Crippen molar-refractivity contribution in [3.8, 4) is 0 Å². The molecule has 2 aliphatic carbocycles. The maximum absolute atomic E-state index is 12.2. The van der Waals surface area contributed by atoms with E-state index in [2.05, 4.69) is 31.3 Å². The normalized spacial score (nSPS) is 30.7. The minimum Gasteiger partial charge on any atom is -0.294 e. The zero-order chi connectivity index (χ0) is 16.1. The molecule has 1 aromatic heterocycles. The molecule has 2 saturated carbocycles. The molecule has 2 aliphatic rings. The highest BCUT2D eigenvalue weighted by Crippen LogP contribution is 2.63. The lowest BCUT2D eigenvalue weighted by molar-refractivity contribution is 0.0957. The summed E-state index contributed by atoms with van der Waals surface area (Å²) in [7, 11) is 0. The van der Waals surface area contributed by atoms with E-state index >= 15 is 0 Å². The Labute approximate surface area is 135 Å². The minimum atomic E-state index is -0.228. The van der Waals surface area contributed by atoms with Gasteiger partial charge in [0.15, 0.2) is 5.78 Å². The second-order valence-corrected chi connectivity index (χ2v) is 8.30. The number of thiophene rings is 1. The Hall–Kier alpha value is -1.49. The van der Waals surface area contributed by atoms with Crippen LogP contribution in [-0.4, -0.2) is 17.4 Å². The zero-order valence-corrected chi connectivity index (χ0v) is 14.3. The van der Waals surface area contributed by atoms with E-state index in [1.807, 2.05) is 0 Å². The molecule has 4 nitrogen and oxygen atoms in total. The summed E-state index contributed by atoms with van der Waals surface area (Å²) in [6.07, 6.45) is 3.38. The summed E-state index contributed by atoms with van der Waals surface area (Å²) in [6, 6.07) is 3.38. The standard InChI is InChI=1S/C17H22N2O2S/c1-10(20)12-5-6-13(22-12)15(21)19-18-14-9-11-7-8-17(14,4)16(11,2)3/h5-6,11H,7-9H2,1-4H3,(H,19,21)/b18-14-/t11-,17+/m0/s1. The lowest BCUT2D eigenvalue weighted by Gasteiger charge is -2.34. The number of Topliss-reactive ketones (excluding diaryl/α,β-unsaturated/α-hetero) is 1. The lowest BCUT2D eigenvalue weighted by atomic mass is 9.70. The van der Waals surface area contributed by atoms with Gasteiger partial charge in [0.2, 0.25) is 0 Å². The maximum atomic E-state index is 12.2. The van der Waals surface area contributed by atoms with Gasteiger partial charge in [-0.15, -0.1) is 11.3 Å². The highest BCUT2D eigenvalue weighted by molar-refractivity contribution is 7.15. The Bertz CT molecular complexity index is 674. The topological polar surface area (TPSA) is 58.5 Å². The molecule has 0 saturated heterocycles. The van der Waals surface area contributed by atoms with Gasteiger partial charge in [-0.2, -0.15) is 5.10 Å². The van der Waals surface area contributed by atoms with Gasteiger partial charge in [0, 0.05) is 11.1 Å². The van der Waals surface area contributed by atoms with E-state index in [9.17, 15) is 9.59 Å². The van der Waals surface area contributed by atoms with Crippen LogP contribution in [0.3, 0.4) is 0 Å². The van der Waals surface area contributed by atoms with Gasteiger partial charge in [-0.1, -0.05) is 20.8 Å². The van der Waals surface area contributed by atoms with Crippen LogP contribution in [0.4, 0.5) is 0 Å². The molecule has 1 amide bonds. The second-order valence-electron chi connectivity index (χ2n) is 7.21. The van der Waals surface area contributed by atoms with E-state index in [1.165, 1.54) is 24.7 Å². The third-order valence-electron chi connectivity index (χ3n) is 5.98.